The Morgan fingerprint density at radius 3 is 2.82 bits per heavy atom. The average Bonchev–Trinajstić information content (AvgIpc) is 2.33. The highest BCUT2D eigenvalue weighted by Gasteiger charge is 2.03. The zero-order valence-corrected chi connectivity index (χ0v) is 10.3. The van der Waals surface area contributed by atoms with Crippen LogP contribution in [0.15, 0.2) is 18.2 Å². The highest BCUT2D eigenvalue weighted by atomic mass is 19.1. The van der Waals surface area contributed by atoms with Gasteiger partial charge < -0.3 is 10.0 Å². The Morgan fingerprint density at radius 2 is 2.18 bits per heavy atom. The van der Waals surface area contributed by atoms with E-state index in [1.54, 1.807) is 12.1 Å². The molecule has 0 aliphatic heterocycles. The Morgan fingerprint density at radius 1 is 1.41 bits per heavy atom. The Labute approximate surface area is 102 Å². The van der Waals surface area contributed by atoms with E-state index >= 15 is 0 Å². The van der Waals surface area contributed by atoms with Gasteiger partial charge in [-0.15, -0.1) is 0 Å². The molecule has 0 atom stereocenters. The molecular weight excluding hydrogens is 217 g/mol. The summed E-state index contributed by atoms with van der Waals surface area (Å²) in [5.74, 6) is 5.17. The summed E-state index contributed by atoms with van der Waals surface area (Å²) < 4.78 is 13.4. The van der Waals surface area contributed by atoms with E-state index in [4.69, 9.17) is 5.11 Å². The van der Waals surface area contributed by atoms with Crippen LogP contribution in [-0.4, -0.2) is 30.2 Å². The zero-order chi connectivity index (χ0) is 12.7. The van der Waals surface area contributed by atoms with E-state index in [-0.39, 0.29) is 12.4 Å². The third kappa shape index (κ3) is 4.56. The van der Waals surface area contributed by atoms with Crippen molar-refractivity contribution in [3.05, 3.63) is 35.1 Å². The van der Waals surface area contributed by atoms with E-state index in [0.717, 1.165) is 18.7 Å². The van der Waals surface area contributed by atoms with Crippen molar-refractivity contribution in [1.82, 2.24) is 4.90 Å². The predicted octanol–water partition coefficient (Wildman–Crippen LogP) is 2.01. The second-order valence-electron chi connectivity index (χ2n) is 3.92. The zero-order valence-electron chi connectivity index (χ0n) is 10.3. The fourth-order valence-electron chi connectivity index (χ4n) is 1.40. The van der Waals surface area contributed by atoms with E-state index in [1.165, 1.54) is 6.07 Å². The molecule has 2 nitrogen and oxygen atoms in total. The predicted molar refractivity (Wildman–Crippen MR) is 67.0 cm³/mol. The Kier molecular flexibility index (Phi) is 5.68. The molecule has 1 rings (SSSR count). The van der Waals surface area contributed by atoms with Gasteiger partial charge in [0.1, 0.15) is 5.82 Å². The van der Waals surface area contributed by atoms with Crippen molar-refractivity contribution >= 4 is 0 Å². The van der Waals surface area contributed by atoms with Gasteiger partial charge in [-0.3, -0.25) is 0 Å². The van der Waals surface area contributed by atoms with Crippen LogP contribution in [0.3, 0.4) is 0 Å². The number of hydrogen-bond donors (Lipinski definition) is 1. The fourth-order valence-corrected chi connectivity index (χ4v) is 1.40. The highest BCUT2D eigenvalue weighted by Crippen LogP contribution is 2.11. The fraction of sp³-hybridized carbons (Fsp3) is 0.429. The topological polar surface area (TPSA) is 23.5 Å². The van der Waals surface area contributed by atoms with Gasteiger partial charge in [0, 0.05) is 13.0 Å². The quantitative estimate of drug-likeness (QED) is 0.807. The molecule has 17 heavy (non-hydrogen) atoms. The molecule has 0 spiro atoms. The van der Waals surface area contributed by atoms with Crippen LogP contribution in [0.1, 0.15) is 24.5 Å². The van der Waals surface area contributed by atoms with Crippen LogP contribution in [0, 0.1) is 17.7 Å². The number of aliphatic hydroxyl groups excluding tert-OH is 1. The largest absolute Gasteiger partial charge is 0.395 e. The summed E-state index contributed by atoms with van der Waals surface area (Å²) in [6.07, 6.45) is 0.374. The monoisotopic (exact) mass is 235 g/mol. The van der Waals surface area contributed by atoms with Crippen LogP contribution >= 0.6 is 0 Å². The molecule has 0 aromatic heterocycles. The second-order valence-corrected chi connectivity index (χ2v) is 3.92. The SMILES string of the molecule is CCN(C)Cc1ccc(F)c(C#CCCO)c1. The first-order valence-corrected chi connectivity index (χ1v) is 5.74. The average molecular weight is 235 g/mol. The van der Waals surface area contributed by atoms with Crippen LogP contribution in [0.4, 0.5) is 4.39 Å². The Bertz CT molecular complexity index is 420. The number of halogens is 1. The molecule has 0 aliphatic rings. The van der Waals surface area contributed by atoms with Crippen LogP contribution in [0.2, 0.25) is 0 Å². The van der Waals surface area contributed by atoms with Crippen molar-refractivity contribution in [2.75, 3.05) is 20.2 Å². The molecule has 1 N–H and O–H groups in total. The maximum absolute atomic E-state index is 13.4. The van der Waals surface area contributed by atoms with Crippen LogP contribution in [0.5, 0.6) is 0 Å². The number of benzene rings is 1. The molecule has 0 amide bonds. The van der Waals surface area contributed by atoms with Crippen LogP contribution in [-0.2, 0) is 6.54 Å². The van der Waals surface area contributed by atoms with Gasteiger partial charge in [-0.25, -0.2) is 4.39 Å². The van der Waals surface area contributed by atoms with Gasteiger partial charge in [-0.05, 0) is 31.3 Å². The van der Waals surface area contributed by atoms with Gasteiger partial charge >= 0.3 is 0 Å². The molecule has 0 saturated carbocycles. The van der Waals surface area contributed by atoms with E-state index < -0.39 is 0 Å². The lowest BCUT2D eigenvalue weighted by Gasteiger charge is -2.13. The molecule has 0 bridgehead atoms. The highest BCUT2D eigenvalue weighted by molar-refractivity contribution is 5.38. The third-order valence-corrected chi connectivity index (χ3v) is 2.48. The van der Waals surface area contributed by atoms with Crippen molar-refractivity contribution < 1.29 is 9.50 Å². The molecule has 0 heterocycles. The van der Waals surface area contributed by atoms with Crippen molar-refractivity contribution in [1.29, 1.82) is 0 Å². The molecule has 1 aromatic rings. The Hall–Kier alpha value is -1.37. The smallest absolute Gasteiger partial charge is 0.138 e. The minimum Gasteiger partial charge on any atom is -0.395 e. The van der Waals surface area contributed by atoms with Gasteiger partial charge in [-0.1, -0.05) is 24.8 Å². The molecule has 0 aliphatic carbocycles. The lowest BCUT2D eigenvalue weighted by Crippen LogP contribution is -2.16. The van der Waals surface area contributed by atoms with Gasteiger partial charge in [0.2, 0.25) is 0 Å². The molecule has 0 saturated heterocycles. The van der Waals surface area contributed by atoms with E-state index in [1.807, 2.05) is 7.05 Å². The summed E-state index contributed by atoms with van der Waals surface area (Å²) >= 11 is 0. The minimum atomic E-state index is -0.307. The molecule has 0 unspecified atom stereocenters. The number of hydrogen-bond acceptors (Lipinski definition) is 2. The van der Waals surface area contributed by atoms with Crippen molar-refractivity contribution in [2.24, 2.45) is 0 Å². The normalized spacial score (nSPS) is 10.2. The number of aliphatic hydroxyl groups is 1. The summed E-state index contributed by atoms with van der Waals surface area (Å²) in [5, 5.41) is 8.62. The van der Waals surface area contributed by atoms with Gasteiger partial charge in [0.15, 0.2) is 0 Å². The molecule has 0 radical (unpaired) electrons. The van der Waals surface area contributed by atoms with E-state index in [0.29, 0.717) is 12.0 Å². The van der Waals surface area contributed by atoms with Crippen LogP contribution in [0.25, 0.3) is 0 Å². The van der Waals surface area contributed by atoms with Crippen LogP contribution < -0.4 is 0 Å². The molecule has 0 fully saturated rings. The minimum absolute atomic E-state index is 0.00683. The van der Waals surface area contributed by atoms with Gasteiger partial charge in [-0.2, -0.15) is 0 Å². The summed E-state index contributed by atoms with van der Waals surface area (Å²) in [7, 11) is 2.01. The third-order valence-electron chi connectivity index (χ3n) is 2.48. The number of nitrogens with zero attached hydrogens (tertiary/aromatic N) is 1. The van der Waals surface area contributed by atoms with Crippen molar-refractivity contribution in [3.8, 4) is 11.8 Å². The van der Waals surface area contributed by atoms with E-state index in [2.05, 4.69) is 23.7 Å². The summed E-state index contributed by atoms with van der Waals surface area (Å²) in [4.78, 5) is 2.14. The first-order chi connectivity index (χ1) is 8.17. The summed E-state index contributed by atoms with van der Waals surface area (Å²) in [5.41, 5.74) is 1.45. The first kappa shape index (κ1) is 13.7. The Balaban J connectivity index is 2.84. The van der Waals surface area contributed by atoms with Gasteiger partial charge in [0.05, 0.1) is 12.2 Å². The maximum Gasteiger partial charge on any atom is 0.138 e. The lowest BCUT2D eigenvalue weighted by molar-refractivity contribution is 0.305. The molecular formula is C14H18FNO. The van der Waals surface area contributed by atoms with Crippen molar-refractivity contribution in [3.63, 3.8) is 0 Å². The van der Waals surface area contributed by atoms with E-state index in [9.17, 15) is 4.39 Å². The first-order valence-electron chi connectivity index (χ1n) is 5.74. The van der Waals surface area contributed by atoms with Crippen molar-refractivity contribution in [2.45, 2.75) is 19.9 Å². The summed E-state index contributed by atoms with van der Waals surface area (Å²) in [6, 6.07) is 4.99. The molecule has 1 aromatic carbocycles. The molecule has 92 valence electrons. The lowest BCUT2D eigenvalue weighted by atomic mass is 10.1. The molecule has 3 heteroatoms. The number of rotatable bonds is 4. The standard InChI is InChI=1S/C14H18FNO/c1-3-16(2)11-12-7-8-14(15)13(10-12)6-4-5-9-17/h7-8,10,17H,3,5,9,11H2,1-2H3. The summed E-state index contributed by atoms with van der Waals surface area (Å²) in [6.45, 7) is 3.81. The second kappa shape index (κ2) is 7.05. The maximum atomic E-state index is 13.4. The van der Waals surface area contributed by atoms with Gasteiger partial charge in [0.25, 0.3) is 0 Å².